The molecule has 2 N–H and O–H groups in total. The summed E-state index contributed by atoms with van der Waals surface area (Å²) in [7, 11) is 0. The third-order valence-corrected chi connectivity index (χ3v) is 4.59. The Kier molecular flexibility index (Phi) is 6.17. The van der Waals surface area contributed by atoms with E-state index < -0.39 is 5.97 Å². The standard InChI is InChI=1S/C21H19NO3S/c23-21(24)15-26-20-11-9-17(10-12-20)22-14-16-5-4-8-19(13-16)25-18-6-2-1-3-7-18/h1-13,22H,14-15H2,(H,23,24). The fourth-order valence-corrected chi connectivity index (χ4v) is 2.98. The van der Waals surface area contributed by atoms with Crippen molar-refractivity contribution in [2.75, 3.05) is 11.1 Å². The highest BCUT2D eigenvalue weighted by atomic mass is 32.2. The number of carboxylic acids is 1. The Morgan fingerprint density at radius 2 is 1.65 bits per heavy atom. The maximum Gasteiger partial charge on any atom is 0.313 e. The number of nitrogens with one attached hydrogen (secondary N) is 1. The van der Waals surface area contributed by atoms with Crippen LogP contribution in [0.3, 0.4) is 0 Å². The van der Waals surface area contributed by atoms with E-state index in [0.717, 1.165) is 27.6 Å². The molecule has 0 aliphatic rings. The molecule has 0 radical (unpaired) electrons. The molecule has 0 saturated carbocycles. The Bertz CT molecular complexity index is 851. The molecule has 0 spiro atoms. The Balaban J connectivity index is 1.56. The second-order valence-corrected chi connectivity index (χ2v) is 6.67. The molecular formula is C21H19NO3S. The summed E-state index contributed by atoms with van der Waals surface area (Å²) < 4.78 is 5.85. The zero-order valence-corrected chi connectivity index (χ0v) is 14.9. The molecule has 3 aromatic carbocycles. The molecule has 4 nitrogen and oxygen atoms in total. The highest BCUT2D eigenvalue weighted by molar-refractivity contribution is 8.00. The van der Waals surface area contributed by atoms with Crippen molar-refractivity contribution in [3.63, 3.8) is 0 Å². The van der Waals surface area contributed by atoms with Crippen LogP contribution in [0.1, 0.15) is 5.56 Å². The van der Waals surface area contributed by atoms with Crippen molar-refractivity contribution in [1.82, 2.24) is 0 Å². The Morgan fingerprint density at radius 3 is 2.38 bits per heavy atom. The monoisotopic (exact) mass is 365 g/mol. The number of ether oxygens (including phenoxy) is 1. The first-order valence-electron chi connectivity index (χ1n) is 8.19. The smallest absolute Gasteiger partial charge is 0.313 e. The van der Waals surface area contributed by atoms with Gasteiger partial charge in [0.15, 0.2) is 0 Å². The van der Waals surface area contributed by atoms with Crippen molar-refractivity contribution in [3.8, 4) is 11.5 Å². The van der Waals surface area contributed by atoms with Gasteiger partial charge in [-0.25, -0.2) is 0 Å². The van der Waals surface area contributed by atoms with E-state index in [1.807, 2.05) is 78.9 Å². The minimum atomic E-state index is -0.810. The van der Waals surface area contributed by atoms with Crippen LogP contribution in [-0.2, 0) is 11.3 Å². The highest BCUT2D eigenvalue weighted by Crippen LogP contribution is 2.23. The van der Waals surface area contributed by atoms with E-state index in [9.17, 15) is 4.79 Å². The van der Waals surface area contributed by atoms with Crippen LogP contribution in [-0.4, -0.2) is 16.8 Å². The van der Waals surface area contributed by atoms with Gasteiger partial charge in [-0.1, -0.05) is 30.3 Å². The van der Waals surface area contributed by atoms with Crippen LogP contribution in [0.2, 0.25) is 0 Å². The van der Waals surface area contributed by atoms with Gasteiger partial charge < -0.3 is 15.2 Å². The van der Waals surface area contributed by atoms with Gasteiger partial charge >= 0.3 is 5.97 Å². The third-order valence-electron chi connectivity index (χ3n) is 3.59. The van der Waals surface area contributed by atoms with Crippen LogP contribution in [0, 0.1) is 0 Å². The molecule has 3 rings (SSSR count). The third kappa shape index (κ3) is 5.57. The molecule has 0 fully saturated rings. The number of benzene rings is 3. The fraction of sp³-hybridized carbons (Fsp3) is 0.0952. The van der Waals surface area contributed by atoms with Gasteiger partial charge in [0.1, 0.15) is 11.5 Å². The first-order valence-corrected chi connectivity index (χ1v) is 9.18. The SMILES string of the molecule is O=C(O)CSc1ccc(NCc2cccc(Oc3ccccc3)c2)cc1. The molecule has 5 heteroatoms. The molecule has 3 aromatic rings. The minimum absolute atomic E-state index is 0.0704. The summed E-state index contributed by atoms with van der Waals surface area (Å²) in [5.41, 5.74) is 2.10. The van der Waals surface area contributed by atoms with Crippen molar-refractivity contribution in [3.05, 3.63) is 84.4 Å². The van der Waals surface area contributed by atoms with Crippen molar-refractivity contribution < 1.29 is 14.6 Å². The first kappa shape index (κ1) is 17.9. The molecule has 0 saturated heterocycles. The average Bonchev–Trinajstić information content (AvgIpc) is 2.67. The Morgan fingerprint density at radius 1 is 0.923 bits per heavy atom. The van der Waals surface area contributed by atoms with Crippen LogP contribution < -0.4 is 10.1 Å². The largest absolute Gasteiger partial charge is 0.481 e. The molecule has 0 unspecified atom stereocenters. The van der Waals surface area contributed by atoms with E-state index in [1.165, 1.54) is 11.8 Å². The van der Waals surface area contributed by atoms with E-state index in [2.05, 4.69) is 5.32 Å². The topological polar surface area (TPSA) is 58.6 Å². The molecule has 0 amide bonds. The number of thioether (sulfide) groups is 1. The van der Waals surface area contributed by atoms with E-state index in [-0.39, 0.29) is 5.75 Å². The van der Waals surface area contributed by atoms with Crippen LogP contribution in [0.15, 0.2) is 83.8 Å². The summed E-state index contributed by atoms with van der Waals surface area (Å²) in [5.74, 6) is 0.874. The number of hydrogen-bond acceptors (Lipinski definition) is 4. The van der Waals surface area contributed by atoms with Crippen LogP contribution in [0.5, 0.6) is 11.5 Å². The van der Waals surface area contributed by atoms with Crippen LogP contribution in [0.4, 0.5) is 5.69 Å². The molecule has 0 aliphatic carbocycles. The maximum absolute atomic E-state index is 10.6. The van der Waals surface area contributed by atoms with E-state index in [0.29, 0.717) is 6.54 Å². The van der Waals surface area contributed by atoms with Crippen molar-refractivity contribution in [2.45, 2.75) is 11.4 Å². The molecule has 0 atom stereocenters. The van der Waals surface area contributed by atoms with Crippen LogP contribution in [0.25, 0.3) is 0 Å². The van der Waals surface area contributed by atoms with E-state index >= 15 is 0 Å². The lowest BCUT2D eigenvalue weighted by atomic mass is 10.2. The van der Waals surface area contributed by atoms with Crippen molar-refractivity contribution in [2.24, 2.45) is 0 Å². The van der Waals surface area contributed by atoms with Gasteiger partial charge in [0.25, 0.3) is 0 Å². The van der Waals surface area contributed by atoms with Gasteiger partial charge in [-0.3, -0.25) is 4.79 Å². The van der Waals surface area contributed by atoms with Crippen molar-refractivity contribution >= 4 is 23.4 Å². The van der Waals surface area contributed by atoms with E-state index in [1.54, 1.807) is 0 Å². The number of anilines is 1. The second kappa shape index (κ2) is 8.97. The van der Waals surface area contributed by atoms with Gasteiger partial charge in [-0.05, 0) is 54.1 Å². The lowest BCUT2D eigenvalue weighted by Gasteiger charge is -2.10. The summed E-state index contributed by atoms with van der Waals surface area (Å²) in [4.78, 5) is 11.5. The molecule has 0 heterocycles. The predicted octanol–water partition coefficient (Wildman–Crippen LogP) is 5.27. The quantitative estimate of drug-likeness (QED) is 0.533. The van der Waals surface area contributed by atoms with Gasteiger partial charge in [0, 0.05) is 17.1 Å². The zero-order valence-electron chi connectivity index (χ0n) is 14.1. The van der Waals surface area contributed by atoms with Gasteiger partial charge in [0.05, 0.1) is 5.75 Å². The average molecular weight is 365 g/mol. The van der Waals surface area contributed by atoms with E-state index in [4.69, 9.17) is 9.84 Å². The number of carboxylic acid groups (broad SMARTS) is 1. The number of hydrogen-bond donors (Lipinski definition) is 2. The lowest BCUT2D eigenvalue weighted by Crippen LogP contribution is -2.00. The lowest BCUT2D eigenvalue weighted by molar-refractivity contribution is -0.133. The molecule has 26 heavy (non-hydrogen) atoms. The summed E-state index contributed by atoms with van der Waals surface area (Å²) >= 11 is 1.31. The summed E-state index contributed by atoms with van der Waals surface area (Å²) in [6.45, 7) is 0.674. The summed E-state index contributed by atoms with van der Waals surface area (Å²) in [6.07, 6.45) is 0. The number of para-hydroxylation sites is 1. The maximum atomic E-state index is 10.6. The fourth-order valence-electron chi connectivity index (χ4n) is 2.36. The normalized spacial score (nSPS) is 10.3. The summed E-state index contributed by atoms with van der Waals surface area (Å²) in [6, 6.07) is 25.4. The second-order valence-electron chi connectivity index (χ2n) is 5.62. The predicted molar refractivity (Wildman–Crippen MR) is 105 cm³/mol. The molecule has 0 aromatic heterocycles. The Hall–Kier alpha value is -2.92. The van der Waals surface area contributed by atoms with Crippen molar-refractivity contribution in [1.29, 1.82) is 0 Å². The highest BCUT2D eigenvalue weighted by Gasteiger charge is 2.02. The number of aliphatic carboxylic acids is 1. The Labute approximate surface area is 156 Å². The molecule has 132 valence electrons. The number of rotatable bonds is 8. The number of carbonyl (C=O) groups is 1. The minimum Gasteiger partial charge on any atom is -0.481 e. The molecular weight excluding hydrogens is 346 g/mol. The van der Waals surface area contributed by atoms with Gasteiger partial charge in [-0.2, -0.15) is 0 Å². The van der Waals surface area contributed by atoms with Gasteiger partial charge in [0.2, 0.25) is 0 Å². The molecule has 0 bridgehead atoms. The first-order chi connectivity index (χ1) is 12.7. The van der Waals surface area contributed by atoms with Gasteiger partial charge in [-0.15, -0.1) is 11.8 Å². The molecule has 0 aliphatic heterocycles. The van der Waals surface area contributed by atoms with Crippen LogP contribution >= 0.6 is 11.8 Å². The zero-order chi connectivity index (χ0) is 18.2. The summed E-state index contributed by atoms with van der Waals surface area (Å²) in [5, 5.41) is 12.1.